The van der Waals surface area contributed by atoms with Crippen molar-refractivity contribution in [3.8, 4) is 0 Å². The highest BCUT2D eigenvalue weighted by Gasteiger charge is 2.27. The lowest BCUT2D eigenvalue weighted by molar-refractivity contribution is 0.566. The van der Waals surface area contributed by atoms with Crippen molar-refractivity contribution in [2.45, 2.75) is 19.9 Å². The van der Waals surface area contributed by atoms with Gasteiger partial charge in [-0.2, -0.15) is 0 Å². The monoisotopic (exact) mass is 225 g/mol. The van der Waals surface area contributed by atoms with Crippen LogP contribution in [0, 0.1) is 12.8 Å². The Bertz CT molecular complexity index is 357. The number of hydrogen-bond donors (Lipinski definition) is 1. The topological polar surface area (TPSA) is 42.2 Å². The molecule has 1 saturated heterocycles. The minimum absolute atomic E-state index is 0.245. The molecule has 2 rings (SSSR count). The lowest BCUT2D eigenvalue weighted by atomic mass is 10.1. The van der Waals surface area contributed by atoms with Gasteiger partial charge >= 0.3 is 0 Å². The van der Waals surface area contributed by atoms with Crippen LogP contribution in [0.5, 0.6) is 0 Å². The maximum atomic E-state index is 6.22. The summed E-state index contributed by atoms with van der Waals surface area (Å²) in [5, 5.41) is 0.749. The Balaban J connectivity index is 2.27. The van der Waals surface area contributed by atoms with Crippen LogP contribution in [0.25, 0.3) is 0 Å². The summed E-state index contributed by atoms with van der Waals surface area (Å²) in [5.41, 5.74) is 7.93. The van der Waals surface area contributed by atoms with Gasteiger partial charge in [0.2, 0.25) is 0 Å². The first-order valence-corrected chi connectivity index (χ1v) is 5.59. The van der Waals surface area contributed by atoms with Crippen LogP contribution in [0.1, 0.15) is 12.6 Å². The van der Waals surface area contributed by atoms with Gasteiger partial charge in [0.15, 0.2) is 0 Å². The fourth-order valence-corrected chi connectivity index (χ4v) is 2.20. The van der Waals surface area contributed by atoms with Gasteiger partial charge in [-0.1, -0.05) is 18.5 Å². The SMILES string of the molecule is Cc1nccc(N2CC(C)C(N)C2)c1Cl. The molecule has 82 valence electrons. The predicted octanol–water partition coefficient (Wildman–Crippen LogP) is 1.83. The van der Waals surface area contributed by atoms with Crippen molar-refractivity contribution in [3.63, 3.8) is 0 Å². The average Bonchev–Trinajstić information content (AvgIpc) is 2.51. The summed E-state index contributed by atoms with van der Waals surface area (Å²) in [6, 6.07) is 2.20. The summed E-state index contributed by atoms with van der Waals surface area (Å²) in [5.74, 6) is 0.523. The number of nitrogens with two attached hydrogens (primary N) is 1. The molecule has 2 atom stereocenters. The summed E-state index contributed by atoms with van der Waals surface area (Å²) < 4.78 is 0. The van der Waals surface area contributed by atoms with Crippen molar-refractivity contribution in [3.05, 3.63) is 23.0 Å². The van der Waals surface area contributed by atoms with E-state index < -0.39 is 0 Å². The molecule has 1 aliphatic rings. The minimum atomic E-state index is 0.245. The normalized spacial score (nSPS) is 26.0. The number of aromatic nitrogens is 1. The molecule has 0 spiro atoms. The molecule has 3 nitrogen and oxygen atoms in total. The highest BCUT2D eigenvalue weighted by atomic mass is 35.5. The first kappa shape index (κ1) is 10.7. The molecule has 1 aromatic rings. The highest BCUT2D eigenvalue weighted by Crippen LogP contribution is 2.30. The largest absolute Gasteiger partial charge is 0.368 e. The summed E-state index contributed by atoms with van der Waals surface area (Å²) in [6.45, 7) is 5.95. The van der Waals surface area contributed by atoms with Crippen LogP contribution in [0.15, 0.2) is 12.3 Å². The molecule has 2 heterocycles. The van der Waals surface area contributed by atoms with E-state index in [1.165, 1.54) is 0 Å². The number of nitrogens with zero attached hydrogens (tertiary/aromatic N) is 2. The lowest BCUT2D eigenvalue weighted by Crippen LogP contribution is -2.28. The van der Waals surface area contributed by atoms with Crippen LogP contribution in [-0.2, 0) is 0 Å². The van der Waals surface area contributed by atoms with Crippen molar-refractivity contribution < 1.29 is 0 Å². The maximum absolute atomic E-state index is 6.22. The Hall–Kier alpha value is -0.800. The van der Waals surface area contributed by atoms with Gasteiger partial charge in [-0.15, -0.1) is 0 Å². The lowest BCUT2D eigenvalue weighted by Gasteiger charge is -2.20. The van der Waals surface area contributed by atoms with Gasteiger partial charge in [-0.05, 0) is 18.9 Å². The Morgan fingerprint density at radius 2 is 2.27 bits per heavy atom. The average molecular weight is 226 g/mol. The Morgan fingerprint density at radius 3 is 2.87 bits per heavy atom. The van der Waals surface area contributed by atoms with Gasteiger partial charge in [-0.25, -0.2) is 0 Å². The molecule has 4 heteroatoms. The third-order valence-electron chi connectivity index (χ3n) is 3.05. The quantitative estimate of drug-likeness (QED) is 0.793. The Morgan fingerprint density at radius 1 is 1.53 bits per heavy atom. The van der Waals surface area contributed by atoms with E-state index in [1.54, 1.807) is 6.20 Å². The molecule has 2 unspecified atom stereocenters. The number of aryl methyl sites for hydroxylation is 1. The summed E-state index contributed by atoms with van der Waals surface area (Å²) in [4.78, 5) is 6.40. The number of pyridine rings is 1. The van der Waals surface area contributed by atoms with E-state index in [4.69, 9.17) is 17.3 Å². The Labute approximate surface area is 95.2 Å². The van der Waals surface area contributed by atoms with Crippen LogP contribution in [0.2, 0.25) is 5.02 Å². The van der Waals surface area contributed by atoms with Crippen LogP contribution >= 0.6 is 11.6 Å². The molecule has 0 saturated carbocycles. The van der Waals surface area contributed by atoms with Gasteiger partial charge < -0.3 is 10.6 Å². The molecule has 0 aliphatic carbocycles. The number of halogens is 1. The molecule has 0 aromatic carbocycles. The van der Waals surface area contributed by atoms with E-state index in [2.05, 4.69) is 16.8 Å². The third-order valence-corrected chi connectivity index (χ3v) is 3.52. The predicted molar refractivity (Wildman–Crippen MR) is 63.3 cm³/mol. The molecule has 1 fully saturated rings. The molecule has 2 N–H and O–H groups in total. The molecule has 15 heavy (non-hydrogen) atoms. The van der Waals surface area contributed by atoms with Gasteiger partial charge in [0.05, 0.1) is 16.4 Å². The second kappa shape index (κ2) is 3.99. The van der Waals surface area contributed by atoms with E-state index in [1.807, 2.05) is 13.0 Å². The summed E-state index contributed by atoms with van der Waals surface area (Å²) >= 11 is 6.22. The van der Waals surface area contributed by atoms with Gasteiger partial charge in [0.1, 0.15) is 0 Å². The fraction of sp³-hybridized carbons (Fsp3) is 0.545. The number of anilines is 1. The van der Waals surface area contributed by atoms with Crippen molar-refractivity contribution in [2.24, 2.45) is 11.7 Å². The first-order chi connectivity index (χ1) is 7.09. The Kier molecular flexibility index (Phi) is 2.85. The van der Waals surface area contributed by atoms with E-state index in [-0.39, 0.29) is 6.04 Å². The van der Waals surface area contributed by atoms with Crippen molar-refractivity contribution in [1.29, 1.82) is 0 Å². The minimum Gasteiger partial charge on any atom is -0.368 e. The van der Waals surface area contributed by atoms with Crippen LogP contribution < -0.4 is 10.6 Å². The maximum Gasteiger partial charge on any atom is 0.0851 e. The molecule has 0 radical (unpaired) electrons. The summed E-state index contributed by atoms with van der Waals surface area (Å²) in [7, 11) is 0. The highest BCUT2D eigenvalue weighted by molar-refractivity contribution is 6.33. The molecular formula is C11H16ClN3. The third kappa shape index (κ3) is 1.94. The van der Waals surface area contributed by atoms with Crippen LogP contribution in [0.3, 0.4) is 0 Å². The number of rotatable bonds is 1. The van der Waals surface area contributed by atoms with Crippen molar-refractivity contribution in [1.82, 2.24) is 4.98 Å². The van der Waals surface area contributed by atoms with Crippen molar-refractivity contribution in [2.75, 3.05) is 18.0 Å². The van der Waals surface area contributed by atoms with E-state index >= 15 is 0 Å². The molecular weight excluding hydrogens is 210 g/mol. The van der Waals surface area contributed by atoms with E-state index in [0.717, 1.165) is 29.5 Å². The van der Waals surface area contributed by atoms with Gasteiger partial charge in [0.25, 0.3) is 0 Å². The second-order valence-electron chi connectivity index (χ2n) is 4.28. The van der Waals surface area contributed by atoms with E-state index in [0.29, 0.717) is 5.92 Å². The smallest absolute Gasteiger partial charge is 0.0851 e. The molecule has 0 bridgehead atoms. The molecule has 1 aliphatic heterocycles. The van der Waals surface area contributed by atoms with Crippen LogP contribution in [0.4, 0.5) is 5.69 Å². The van der Waals surface area contributed by atoms with E-state index in [9.17, 15) is 0 Å². The van der Waals surface area contributed by atoms with Crippen LogP contribution in [-0.4, -0.2) is 24.1 Å². The standard InChI is InChI=1S/C11H16ClN3/c1-7-5-15(6-9(7)13)10-3-4-14-8(2)11(10)12/h3-4,7,9H,5-6,13H2,1-2H3. The zero-order valence-electron chi connectivity index (χ0n) is 9.07. The first-order valence-electron chi connectivity index (χ1n) is 5.21. The fourth-order valence-electron chi connectivity index (χ4n) is 1.97. The molecule has 1 aromatic heterocycles. The zero-order valence-corrected chi connectivity index (χ0v) is 9.83. The van der Waals surface area contributed by atoms with Gasteiger partial charge in [-0.3, -0.25) is 4.98 Å². The van der Waals surface area contributed by atoms with Crippen molar-refractivity contribution >= 4 is 17.3 Å². The zero-order chi connectivity index (χ0) is 11.0. The van der Waals surface area contributed by atoms with Gasteiger partial charge in [0, 0.05) is 25.3 Å². The summed E-state index contributed by atoms with van der Waals surface area (Å²) in [6.07, 6.45) is 1.80. The molecule has 0 amide bonds. The second-order valence-corrected chi connectivity index (χ2v) is 4.65. The number of hydrogen-bond acceptors (Lipinski definition) is 3.